The molecule has 1 saturated carbocycles. The normalized spacial score (nSPS) is 18.5. The molecule has 2 rings (SSSR count). The topological polar surface area (TPSA) is 57.5 Å². The number of benzene rings is 1. The standard InChI is InChI=1S/C15H20O3/c1-10(15(17)18)13-8-7-12(9-14(13)16)11-5-3-2-4-6-11/h7-11,16H,2-6H2,1H3,(H,17,18)/t10-/m0/s1. The lowest BCUT2D eigenvalue weighted by Crippen LogP contribution is -2.09. The SMILES string of the molecule is C[C@H](C(=O)O)c1ccc(C2CCCCC2)cc1O. The van der Waals surface area contributed by atoms with Crippen LogP contribution < -0.4 is 0 Å². The predicted molar refractivity (Wildman–Crippen MR) is 70.0 cm³/mol. The highest BCUT2D eigenvalue weighted by Gasteiger charge is 2.20. The fraction of sp³-hybridized carbons (Fsp3) is 0.533. The average Bonchev–Trinajstić information content (AvgIpc) is 2.38. The van der Waals surface area contributed by atoms with Crippen LogP contribution in [0.3, 0.4) is 0 Å². The second-order valence-corrected chi connectivity index (χ2v) is 5.21. The maximum Gasteiger partial charge on any atom is 0.310 e. The van der Waals surface area contributed by atoms with Gasteiger partial charge in [0.05, 0.1) is 5.92 Å². The maximum atomic E-state index is 10.9. The summed E-state index contributed by atoms with van der Waals surface area (Å²) in [5.74, 6) is -0.923. The number of hydrogen-bond donors (Lipinski definition) is 2. The Labute approximate surface area is 107 Å². The summed E-state index contributed by atoms with van der Waals surface area (Å²) in [5.41, 5.74) is 1.65. The fourth-order valence-corrected chi connectivity index (χ4v) is 2.75. The molecular formula is C15H20O3. The molecule has 1 fully saturated rings. The lowest BCUT2D eigenvalue weighted by atomic mass is 9.83. The first kappa shape index (κ1) is 12.9. The molecule has 0 saturated heterocycles. The minimum absolute atomic E-state index is 0.118. The molecule has 2 N–H and O–H groups in total. The Morgan fingerprint density at radius 2 is 1.94 bits per heavy atom. The number of phenolic OH excluding ortho intramolecular Hbond substituents is 1. The third kappa shape index (κ3) is 2.66. The molecule has 0 heterocycles. The van der Waals surface area contributed by atoms with E-state index >= 15 is 0 Å². The smallest absolute Gasteiger partial charge is 0.310 e. The third-order valence-electron chi connectivity index (χ3n) is 3.97. The Kier molecular flexibility index (Phi) is 3.90. The third-order valence-corrected chi connectivity index (χ3v) is 3.97. The Hall–Kier alpha value is -1.51. The molecule has 1 aliphatic carbocycles. The van der Waals surface area contributed by atoms with Gasteiger partial charge in [-0.2, -0.15) is 0 Å². The van der Waals surface area contributed by atoms with Crippen LogP contribution >= 0.6 is 0 Å². The molecule has 0 unspecified atom stereocenters. The highest BCUT2D eigenvalue weighted by Crippen LogP contribution is 2.36. The number of carboxylic acids is 1. The quantitative estimate of drug-likeness (QED) is 0.858. The fourth-order valence-electron chi connectivity index (χ4n) is 2.75. The lowest BCUT2D eigenvalue weighted by molar-refractivity contribution is -0.138. The van der Waals surface area contributed by atoms with Gasteiger partial charge < -0.3 is 10.2 Å². The van der Waals surface area contributed by atoms with Crippen LogP contribution in [0.2, 0.25) is 0 Å². The first-order chi connectivity index (χ1) is 8.59. The van der Waals surface area contributed by atoms with Gasteiger partial charge in [-0.1, -0.05) is 31.4 Å². The molecule has 3 nitrogen and oxygen atoms in total. The average molecular weight is 248 g/mol. The molecule has 1 aromatic rings. The monoisotopic (exact) mass is 248 g/mol. The van der Waals surface area contributed by atoms with E-state index in [1.807, 2.05) is 6.07 Å². The van der Waals surface area contributed by atoms with Gasteiger partial charge in [0.2, 0.25) is 0 Å². The number of aromatic hydroxyl groups is 1. The number of aliphatic carboxylic acids is 1. The molecule has 0 bridgehead atoms. The lowest BCUT2D eigenvalue weighted by Gasteiger charge is -2.22. The minimum atomic E-state index is -0.907. The Bertz CT molecular complexity index is 433. The summed E-state index contributed by atoms with van der Waals surface area (Å²) in [7, 11) is 0. The zero-order valence-electron chi connectivity index (χ0n) is 10.7. The molecule has 1 aliphatic rings. The van der Waals surface area contributed by atoms with E-state index in [0.717, 1.165) is 5.56 Å². The van der Waals surface area contributed by atoms with Crippen LogP contribution in [0.4, 0.5) is 0 Å². The summed E-state index contributed by atoms with van der Waals surface area (Å²) >= 11 is 0. The van der Waals surface area contributed by atoms with Crippen LogP contribution in [-0.2, 0) is 4.79 Å². The van der Waals surface area contributed by atoms with E-state index in [0.29, 0.717) is 11.5 Å². The van der Waals surface area contributed by atoms with Gasteiger partial charge in [0.25, 0.3) is 0 Å². The van der Waals surface area contributed by atoms with Crippen molar-refractivity contribution in [3.05, 3.63) is 29.3 Å². The van der Waals surface area contributed by atoms with Gasteiger partial charge in [0, 0.05) is 5.56 Å². The van der Waals surface area contributed by atoms with Gasteiger partial charge in [0.15, 0.2) is 0 Å². The van der Waals surface area contributed by atoms with E-state index in [1.165, 1.54) is 32.1 Å². The summed E-state index contributed by atoms with van der Waals surface area (Å²) in [6.45, 7) is 1.59. The van der Waals surface area contributed by atoms with E-state index in [9.17, 15) is 9.90 Å². The highest BCUT2D eigenvalue weighted by atomic mass is 16.4. The van der Waals surface area contributed by atoms with Crippen LogP contribution in [0.1, 0.15) is 62.0 Å². The van der Waals surface area contributed by atoms with Crippen molar-refractivity contribution >= 4 is 5.97 Å². The number of carboxylic acid groups (broad SMARTS) is 1. The summed E-state index contributed by atoms with van der Waals surface area (Å²) in [5, 5.41) is 18.9. The van der Waals surface area contributed by atoms with Gasteiger partial charge in [-0.15, -0.1) is 0 Å². The molecule has 98 valence electrons. The van der Waals surface area contributed by atoms with Crippen molar-refractivity contribution in [3.8, 4) is 5.75 Å². The number of hydrogen-bond acceptors (Lipinski definition) is 2. The predicted octanol–water partition coefficient (Wildman–Crippen LogP) is 3.63. The first-order valence-corrected chi connectivity index (χ1v) is 6.65. The van der Waals surface area contributed by atoms with E-state index < -0.39 is 11.9 Å². The molecule has 18 heavy (non-hydrogen) atoms. The Morgan fingerprint density at radius 3 is 2.50 bits per heavy atom. The molecule has 0 aliphatic heterocycles. The number of carbonyl (C=O) groups is 1. The van der Waals surface area contributed by atoms with Crippen LogP contribution in [0, 0.1) is 0 Å². The molecule has 0 aromatic heterocycles. The van der Waals surface area contributed by atoms with Crippen molar-refractivity contribution in [1.82, 2.24) is 0 Å². The van der Waals surface area contributed by atoms with Gasteiger partial charge in [-0.05, 0) is 37.3 Å². The van der Waals surface area contributed by atoms with E-state index in [4.69, 9.17) is 5.11 Å². The molecule has 0 amide bonds. The minimum Gasteiger partial charge on any atom is -0.508 e. The Balaban J connectivity index is 2.21. The largest absolute Gasteiger partial charge is 0.508 e. The molecular weight excluding hydrogens is 228 g/mol. The second-order valence-electron chi connectivity index (χ2n) is 5.21. The maximum absolute atomic E-state index is 10.9. The zero-order valence-corrected chi connectivity index (χ0v) is 10.7. The van der Waals surface area contributed by atoms with Crippen molar-refractivity contribution in [1.29, 1.82) is 0 Å². The zero-order chi connectivity index (χ0) is 13.1. The number of rotatable bonds is 3. The summed E-state index contributed by atoms with van der Waals surface area (Å²) < 4.78 is 0. The molecule has 3 heteroatoms. The van der Waals surface area contributed by atoms with Crippen molar-refractivity contribution in [2.75, 3.05) is 0 Å². The number of phenols is 1. The summed E-state index contributed by atoms with van der Waals surface area (Å²) in [4.78, 5) is 10.9. The van der Waals surface area contributed by atoms with Gasteiger partial charge >= 0.3 is 5.97 Å². The molecule has 1 atom stereocenters. The van der Waals surface area contributed by atoms with Crippen molar-refractivity contribution < 1.29 is 15.0 Å². The summed E-state index contributed by atoms with van der Waals surface area (Å²) in [6.07, 6.45) is 6.15. The second kappa shape index (κ2) is 5.42. The molecule has 0 radical (unpaired) electrons. The van der Waals surface area contributed by atoms with Crippen LogP contribution in [0.5, 0.6) is 5.75 Å². The van der Waals surface area contributed by atoms with E-state index in [2.05, 4.69) is 0 Å². The molecule has 0 spiro atoms. The Morgan fingerprint density at radius 1 is 1.28 bits per heavy atom. The van der Waals surface area contributed by atoms with Gasteiger partial charge in [-0.25, -0.2) is 0 Å². The highest BCUT2D eigenvalue weighted by molar-refractivity contribution is 5.76. The van der Waals surface area contributed by atoms with E-state index in [1.54, 1.807) is 19.1 Å². The van der Waals surface area contributed by atoms with E-state index in [-0.39, 0.29) is 5.75 Å². The van der Waals surface area contributed by atoms with Gasteiger partial charge in [-0.3, -0.25) is 4.79 Å². The van der Waals surface area contributed by atoms with Gasteiger partial charge in [0.1, 0.15) is 5.75 Å². The van der Waals surface area contributed by atoms with Crippen LogP contribution in [-0.4, -0.2) is 16.2 Å². The first-order valence-electron chi connectivity index (χ1n) is 6.65. The van der Waals surface area contributed by atoms with Crippen LogP contribution in [0.15, 0.2) is 18.2 Å². The van der Waals surface area contributed by atoms with Crippen molar-refractivity contribution in [2.45, 2.75) is 50.9 Å². The summed E-state index contributed by atoms with van der Waals surface area (Å²) in [6, 6.07) is 5.49. The molecule has 1 aromatic carbocycles. The van der Waals surface area contributed by atoms with Crippen molar-refractivity contribution in [2.24, 2.45) is 0 Å². The van der Waals surface area contributed by atoms with Crippen LogP contribution in [0.25, 0.3) is 0 Å². The van der Waals surface area contributed by atoms with Crippen molar-refractivity contribution in [3.63, 3.8) is 0 Å².